The Bertz CT molecular complexity index is 297. The van der Waals surface area contributed by atoms with Crippen molar-refractivity contribution in [1.29, 1.82) is 0 Å². The third kappa shape index (κ3) is 3.60. The minimum atomic E-state index is 0.932. The van der Waals surface area contributed by atoms with E-state index in [1.165, 1.54) is 56.2 Å². The molecule has 2 rings (SSSR count). The van der Waals surface area contributed by atoms with Crippen LogP contribution >= 0.6 is 11.3 Å². The van der Waals surface area contributed by atoms with Crippen LogP contribution in [0.2, 0.25) is 0 Å². The lowest BCUT2D eigenvalue weighted by molar-refractivity contribution is 0.425. The van der Waals surface area contributed by atoms with Gasteiger partial charge in [-0.3, -0.25) is 0 Å². The predicted molar refractivity (Wildman–Crippen MR) is 72.0 cm³/mol. The van der Waals surface area contributed by atoms with Crippen LogP contribution in [0.25, 0.3) is 0 Å². The molecule has 2 heteroatoms. The Hall–Kier alpha value is -0.340. The molecule has 1 nitrogen and oxygen atoms in total. The third-order valence-corrected chi connectivity index (χ3v) is 4.60. The maximum absolute atomic E-state index is 3.63. The molecule has 1 N–H and O–H groups in total. The van der Waals surface area contributed by atoms with E-state index in [0.29, 0.717) is 0 Å². The topological polar surface area (TPSA) is 12.0 Å². The second-order valence-corrected chi connectivity index (χ2v) is 5.81. The van der Waals surface area contributed by atoms with Crippen LogP contribution in [0.3, 0.4) is 0 Å². The molecular weight excluding hydrogens is 214 g/mol. The summed E-state index contributed by atoms with van der Waals surface area (Å²) in [6, 6.07) is 0. The lowest BCUT2D eigenvalue weighted by Crippen LogP contribution is -2.22. The predicted octanol–water partition coefficient (Wildman–Crippen LogP) is 4.12. The van der Waals surface area contributed by atoms with Gasteiger partial charge in [-0.15, -0.1) is 0 Å². The Morgan fingerprint density at radius 1 is 1.19 bits per heavy atom. The second kappa shape index (κ2) is 6.41. The first-order chi connectivity index (χ1) is 7.86. The number of nitrogens with one attached hydrogen (secondary N) is 1. The largest absolute Gasteiger partial charge is 0.312 e. The lowest BCUT2D eigenvalue weighted by atomic mass is 10.0. The van der Waals surface area contributed by atoms with Gasteiger partial charge in [-0.05, 0) is 54.1 Å². The van der Waals surface area contributed by atoms with Crippen LogP contribution in [-0.2, 0) is 6.54 Å². The highest BCUT2D eigenvalue weighted by Crippen LogP contribution is 2.22. The van der Waals surface area contributed by atoms with Gasteiger partial charge in [0.15, 0.2) is 0 Å². The maximum atomic E-state index is 3.63. The van der Waals surface area contributed by atoms with Crippen molar-refractivity contribution in [3.63, 3.8) is 0 Å². The van der Waals surface area contributed by atoms with E-state index >= 15 is 0 Å². The van der Waals surface area contributed by atoms with Crippen molar-refractivity contribution in [3.8, 4) is 0 Å². The van der Waals surface area contributed by atoms with Gasteiger partial charge in [0.1, 0.15) is 0 Å². The molecule has 0 atom stereocenters. The van der Waals surface area contributed by atoms with E-state index in [2.05, 4.69) is 23.0 Å². The van der Waals surface area contributed by atoms with Gasteiger partial charge in [-0.1, -0.05) is 25.7 Å². The molecule has 0 spiro atoms. The molecule has 0 saturated heterocycles. The van der Waals surface area contributed by atoms with E-state index in [1.54, 1.807) is 0 Å². The molecule has 0 amide bonds. The van der Waals surface area contributed by atoms with Gasteiger partial charge >= 0.3 is 0 Å². The Morgan fingerprint density at radius 3 is 2.56 bits per heavy atom. The van der Waals surface area contributed by atoms with Crippen molar-refractivity contribution in [2.24, 2.45) is 5.92 Å². The van der Waals surface area contributed by atoms with Crippen molar-refractivity contribution in [2.75, 3.05) is 6.54 Å². The number of hydrogen-bond acceptors (Lipinski definition) is 2. The highest BCUT2D eigenvalue weighted by atomic mass is 32.1. The van der Waals surface area contributed by atoms with E-state index in [0.717, 1.165) is 12.5 Å². The standard InChI is InChI=1S/C14H23NS/c1-12-10-16-11-14(12)9-15-8-13-6-4-2-3-5-7-13/h10-11,13,15H,2-9H2,1H3. The van der Waals surface area contributed by atoms with Gasteiger partial charge in [0.25, 0.3) is 0 Å². The molecule has 0 radical (unpaired) electrons. The minimum absolute atomic E-state index is 0.932. The summed E-state index contributed by atoms with van der Waals surface area (Å²) in [6.07, 6.45) is 8.69. The molecular formula is C14H23NS. The van der Waals surface area contributed by atoms with Crippen LogP contribution in [0.5, 0.6) is 0 Å². The Labute approximate surface area is 103 Å². The zero-order chi connectivity index (χ0) is 11.2. The van der Waals surface area contributed by atoms with Gasteiger partial charge < -0.3 is 5.32 Å². The summed E-state index contributed by atoms with van der Waals surface area (Å²) in [6.45, 7) is 4.49. The van der Waals surface area contributed by atoms with Crippen LogP contribution in [-0.4, -0.2) is 6.54 Å². The van der Waals surface area contributed by atoms with E-state index < -0.39 is 0 Å². The normalized spacial score (nSPS) is 18.6. The molecule has 1 aromatic heterocycles. The number of rotatable bonds is 4. The fourth-order valence-electron chi connectivity index (χ4n) is 2.55. The molecule has 1 fully saturated rings. The first-order valence-electron chi connectivity index (χ1n) is 6.58. The fourth-order valence-corrected chi connectivity index (χ4v) is 3.40. The van der Waals surface area contributed by atoms with Crippen molar-refractivity contribution in [2.45, 2.75) is 52.0 Å². The van der Waals surface area contributed by atoms with Crippen LogP contribution < -0.4 is 5.32 Å². The average Bonchev–Trinajstić information content (AvgIpc) is 2.55. The molecule has 1 saturated carbocycles. The Kier molecular flexibility index (Phi) is 4.86. The number of hydrogen-bond donors (Lipinski definition) is 1. The van der Waals surface area contributed by atoms with E-state index in [9.17, 15) is 0 Å². The first kappa shape index (κ1) is 12.1. The highest BCUT2D eigenvalue weighted by molar-refractivity contribution is 7.08. The summed E-state index contributed by atoms with van der Waals surface area (Å²) in [4.78, 5) is 0. The molecule has 0 bridgehead atoms. The third-order valence-electron chi connectivity index (χ3n) is 3.68. The summed E-state index contributed by atoms with van der Waals surface area (Å²) in [7, 11) is 0. The zero-order valence-electron chi connectivity index (χ0n) is 10.3. The van der Waals surface area contributed by atoms with Crippen molar-refractivity contribution in [1.82, 2.24) is 5.32 Å². The summed E-state index contributed by atoms with van der Waals surface area (Å²) < 4.78 is 0. The van der Waals surface area contributed by atoms with Gasteiger partial charge in [0.2, 0.25) is 0 Å². The molecule has 1 heterocycles. The smallest absolute Gasteiger partial charge is 0.0216 e. The van der Waals surface area contributed by atoms with Crippen LogP contribution in [0, 0.1) is 12.8 Å². The monoisotopic (exact) mass is 237 g/mol. The summed E-state index contributed by atoms with van der Waals surface area (Å²) in [5.74, 6) is 0.932. The molecule has 1 aliphatic rings. The summed E-state index contributed by atoms with van der Waals surface area (Å²) in [5.41, 5.74) is 2.93. The van der Waals surface area contributed by atoms with Gasteiger partial charge in [0, 0.05) is 6.54 Å². The van der Waals surface area contributed by atoms with Crippen molar-refractivity contribution in [3.05, 3.63) is 21.9 Å². The quantitative estimate of drug-likeness (QED) is 0.777. The van der Waals surface area contributed by atoms with Gasteiger partial charge in [0.05, 0.1) is 0 Å². The molecule has 90 valence electrons. The average molecular weight is 237 g/mol. The molecule has 1 aromatic rings. The van der Waals surface area contributed by atoms with Crippen LogP contribution in [0.4, 0.5) is 0 Å². The van der Waals surface area contributed by atoms with Crippen LogP contribution in [0.15, 0.2) is 10.8 Å². The minimum Gasteiger partial charge on any atom is -0.312 e. The van der Waals surface area contributed by atoms with E-state index in [4.69, 9.17) is 0 Å². The highest BCUT2D eigenvalue weighted by Gasteiger charge is 2.11. The Morgan fingerprint density at radius 2 is 1.94 bits per heavy atom. The van der Waals surface area contributed by atoms with E-state index in [-0.39, 0.29) is 0 Å². The summed E-state index contributed by atoms with van der Waals surface area (Å²) in [5, 5.41) is 8.14. The van der Waals surface area contributed by atoms with Crippen molar-refractivity contribution >= 4 is 11.3 Å². The van der Waals surface area contributed by atoms with Crippen molar-refractivity contribution < 1.29 is 0 Å². The number of thiophene rings is 1. The molecule has 0 unspecified atom stereocenters. The fraction of sp³-hybridized carbons (Fsp3) is 0.714. The first-order valence-corrected chi connectivity index (χ1v) is 7.53. The van der Waals surface area contributed by atoms with Gasteiger partial charge in [-0.2, -0.15) is 11.3 Å². The van der Waals surface area contributed by atoms with Gasteiger partial charge in [-0.25, -0.2) is 0 Å². The molecule has 1 aliphatic carbocycles. The lowest BCUT2D eigenvalue weighted by Gasteiger charge is -2.14. The molecule has 0 aromatic carbocycles. The second-order valence-electron chi connectivity index (χ2n) is 5.07. The SMILES string of the molecule is Cc1cscc1CNCC1CCCCCC1. The van der Waals surface area contributed by atoms with Crippen LogP contribution in [0.1, 0.15) is 49.7 Å². The summed E-state index contributed by atoms with van der Waals surface area (Å²) >= 11 is 1.82. The molecule has 0 aliphatic heterocycles. The van der Waals surface area contributed by atoms with E-state index in [1.807, 2.05) is 11.3 Å². The zero-order valence-corrected chi connectivity index (χ0v) is 11.1. The molecule has 16 heavy (non-hydrogen) atoms. The number of aryl methyl sites for hydroxylation is 1. The maximum Gasteiger partial charge on any atom is 0.0216 e. The Balaban J connectivity index is 1.69.